The first-order valence-corrected chi connectivity index (χ1v) is 7.51. The zero-order valence-electron chi connectivity index (χ0n) is 10.2. The molecule has 1 saturated heterocycles. The number of hydrogen-bond acceptors (Lipinski definition) is 4. The van der Waals surface area contributed by atoms with Gasteiger partial charge in [0.05, 0.1) is 0 Å². The maximum atomic E-state index is 11.8. The lowest BCUT2D eigenvalue weighted by molar-refractivity contribution is 0.408. The van der Waals surface area contributed by atoms with Gasteiger partial charge in [-0.15, -0.1) is 0 Å². The van der Waals surface area contributed by atoms with E-state index >= 15 is 0 Å². The number of aromatic nitrogens is 2. The highest BCUT2D eigenvalue weighted by Crippen LogP contribution is 2.14. The van der Waals surface area contributed by atoms with Crippen LogP contribution < -0.4 is 14.8 Å². The third-order valence-electron chi connectivity index (χ3n) is 3.11. The van der Waals surface area contributed by atoms with Gasteiger partial charge < -0.3 is 10.3 Å². The van der Waals surface area contributed by atoms with Gasteiger partial charge in [0.1, 0.15) is 5.65 Å². The van der Waals surface area contributed by atoms with Crippen LogP contribution >= 0.6 is 0 Å². The second-order valence-electron chi connectivity index (χ2n) is 4.51. The Morgan fingerprint density at radius 3 is 2.95 bits per heavy atom. The number of aromatic amines is 1. The van der Waals surface area contributed by atoms with E-state index in [-0.39, 0.29) is 12.6 Å². The van der Waals surface area contributed by atoms with Crippen molar-refractivity contribution in [2.24, 2.45) is 0 Å². The lowest BCUT2D eigenvalue weighted by atomic mass is 10.2. The number of pyridine rings is 1. The number of rotatable bonds is 5. The van der Waals surface area contributed by atoms with Crippen molar-refractivity contribution in [2.75, 3.05) is 13.1 Å². The van der Waals surface area contributed by atoms with Crippen LogP contribution in [0.5, 0.6) is 0 Å². The molecule has 4 N–H and O–H groups in total. The molecule has 0 aliphatic carbocycles. The van der Waals surface area contributed by atoms with Crippen molar-refractivity contribution in [2.45, 2.75) is 12.6 Å². The molecule has 0 amide bonds. The SMILES string of the molecule is O=S(=O)(NCc1ccnc2[nH]ccc12)NC1CNC1. The summed E-state index contributed by atoms with van der Waals surface area (Å²) in [4.78, 5) is 7.16. The second kappa shape index (κ2) is 4.89. The molecule has 102 valence electrons. The molecule has 3 heterocycles. The normalized spacial score (nSPS) is 16.6. The summed E-state index contributed by atoms with van der Waals surface area (Å²) in [5.74, 6) is 0. The van der Waals surface area contributed by atoms with Crippen LogP contribution in [0.3, 0.4) is 0 Å². The van der Waals surface area contributed by atoms with Crippen molar-refractivity contribution in [3.05, 3.63) is 30.1 Å². The molecule has 2 aromatic rings. The highest BCUT2D eigenvalue weighted by Gasteiger charge is 2.22. The van der Waals surface area contributed by atoms with Crippen LogP contribution in [0.2, 0.25) is 0 Å². The number of nitrogens with one attached hydrogen (secondary N) is 4. The minimum Gasteiger partial charge on any atom is -0.346 e. The Labute approximate surface area is 111 Å². The highest BCUT2D eigenvalue weighted by atomic mass is 32.2. The molecule has 19 heavy (non-hydrogen) atoms. The van der Waals surface area contributed by atoms with E-state index in [0.717, 1.165) is 16.6 Å². The molecule has 0 spiro atoms. The molecule has 0 bridgehead atoms. The molecule has 1 aliphatic heterocycles. The Kier molecular flexibility index (Phi) is 3.23. The van der Waals surface area contributed by atoms with Crippen LogP contribution in [0.25, 0.3) is 11.0 Å². The number of H-pyrrole nitrogens is 1. The highest BCUT2D eigenvalue weighted by molar-refractivity contribution is 7.87. The van der Waals surface area contributed by atoms with Gasteiger partial charge in [0, 0.05) is 43.5 Å². The number of fused-ring (bicyclic) bond motifs is 1. The standard InChI is InChI=1S/C11H15N5O2S/c17-19(18,16-9-6-12-7-9)15-5-8-1-3-13-11-10(8)2-4-14-11/h1-4,9,12,15-16H,5-7H2,(H,13,14). The van der Waals surface area contributed by atoms with E-state index in [0.29, 0.717) is 13.1 Å². The Hall–Kier alpha value is -1.48. The number of nitrogens with zero attached hydrogens (tertiary/aromatic N) is 1. The topological polar surface area (TPSA) is 98.9 Å². The van der Waals surface area contributed by atoms with Crippen LogP contribution in [0.15, 0.2) is 24.5 Å². The summed E-state index contributed by atoms with van der Waals surface area (Å²) in [6.07, 6.45) is 3.44. The van der Waals surface area contributed by atoms with Crippen LogP contribution in [0.4, 0.5) is 0 Å². The third-order valence-corrected chi connectivity index (χ3v) is 4.27. The van der Waals surface area contributed by atoms with Gasteiger partial charge in [-0.05, 0) is 17.7 Å². The first-order valence-electron chi connectivity index (χ1n) is 6.03. The summed E-state index contributed by atoms with van der Waals surface area (Å²) in [6, 6.07) is 3.68. The van der Waals surface area contributed by atoms with E-state index in [1.807, 2.05) is 12.1 Å². The molecule has 1 aliphatic rings. The second-order valence-corrected chi connectivity index (χ2v) is 6.04. The molecule has 0 atom stereocenters. The number of hydrogen-bond donors (Lipinski definition) is 4. The van der Waals surface area contributed by atoms with Gasteiger partial charge in [0.2, 0.25) is 0 Å². The summed E-state index contributed by atoms with van der Waals surface area (Å²) in [6.45, 7) is 1.60. The van der Waals surface area contributed by atoms with Gasteiger partial charge in [-0.1, -0.05) is 0 Å². The van der Waals surface area contributed by atoms with E-state index in [9.17, 15) is 8.42 Å². The van der Waals surface area contributed by atoms with Crippen molar-refractivity contribution in [1.29, 1.82) is 0 Å². The van der Waals surface area contributed by atoms with Crippen LogP contribution in [-0.4, -0.2) is 37.5 Å². The molecule has 0 unspecified atom stereocenters. The Bertz CT molecular complexity index is 677. The van der Waals surface area contributed by atoms with Crippen molar-refractivity contribution in [3.8, 4) is 0 Å². The van der Waals surface area contributed by atoms with Gasteiger partial charge in [-0.25, -0.2) is 4.98 Å². The monoisotopic (exact) mass is 281 g/mol. The lowest BCUT2D eigenvalue weighted by Crippen LogP contribution is -2.58. The fourth-order valence-electron chi connectivity index (χ4n) is 1.98. The predicted molar refractivity (Wildman–Crippen MR) is 71.6 cm³/mol. The largest absolute Gasteiger partial charge is 0.346 e. The molecule has 0 radical (unpaired) electrons. The molecule has 1 fully saturated rings. The molecule has 7 nitrogen and oxygen atoms in total. The van der Waals surface area contributed by atoms with E-state index in [2.05, 4.69) is 24.7 Å². The quantitative estimate of drug-likeness (QED) is 0.591. The Morgan fingerprint density at radius 2 is 2.21 bits per heavy atom. The Morgan fingerprint density at radius 1 is 1.37 bits per heavy atom. The van der Waals surface area contributed by atoms with E-state index in [4.69, 9.17) is 0 Å². The van der Waals surface area contributed by atoms with Crippen molar-refractivity contribution < 1.29 is 8.42 Å². The van der Waals surface area contributed by atoms with Gasteiger partial charge in [-0.3, -0.25) is 0 Å². The summed E-state index contributed by atoms with van der Waals surface area (Å²) in [5.41, 5.74) is 1.65. The average molecular weight is 281 g/mol. The van der Waals surface area contributed by atoms with Crippen molar-refractivity contribution in [1.82, 2.24) is 24.7 Å². The molecule has 3 rings (SSSR count). The van der Waals surface area contributed by atoms with Crippen molar-refractivity contribution >= 4 is 21.2 Å². The molecular weight excluding hydrogens is 266 g/mol. The maximum absolute atomic E-state index is 11.8. The fourth-order valence-corrected chi connectivity index (χ4v) is 3.01. The molecular formula is C11H15N5O2S. The van der Waals surface area contributed by atoms with Gasteiger partial charge in [0.25, 0.3) is 10.2 Å². The van der Waals surface area contributed by atoms with Gasteiger partial charge >= 0.3 is 0 Å². The summed E-state index contributed by atoms with van der Waals surface area (Å²) in [5, 5.41) is 3.94. The molecule has 8 heteroatoms. The lowest BCUT2D eigenvalue weighted by Gasteiger charge is -2.27. The van der Waals surface area contributed by atoms with Gasteiger partial charge in [-0.2, -0.15) is 17.9 Å². The fraction of sp³-hybridized carbons (Fsp3) is 0.364. The minimum absolute atomic E-state index is 0.0118. The summed E-state index contributed by atoms with van der Waals surface area (Å²) >= 11 is 0. The summed E-state index contributed by atoms with van der Waals surface area (Å²) in [7, 11) is -3.46. The minimum atomic E-state index is -3.46. The Balaban J connectivity index is 1.69. The third kappa shape index (κ3) is 2.76. The molecule has 0 aromatic carbocycles. The van der Waals surface area contributed by atoms with Crippen LogP contribution in [0.1, 0.15) is 5.56 Å². The van der Waals surface area contributed by atoms with E-state index < -0.39 is 10.2 Å². The van der Waals surface area contributed by atoms with E-state index in [1.54, 1.807) is 12.4 Å². The first kappa shape index (κ1) is 12.5. The zero-order valence-corrected chi connectivity index (χ0v) is 11.0. The van der Waals surface area contributed by atoms with Gasteiger partial charge in [0.15, 0.2) is 0 Å². The summed E-state index contributed by atoms with van der Waals surface area (Å²) < 4.78 is 28.7. The smallest absolute Gasteiger partial charge is 0.277 e. The van der Waals surface area contributed by atoms with Crippen molar-refractivity contribution in [3.63, 3.8) is 0 Å². The predicted octanol–water partition coefficient (Wildman–Crippen LogP) is -0.541. The first-order chi connectivity index (χ1) is 9.14. The average Bonchev–Trinajstić information content (AvgIpc) is 2.80. The molecule has 0 saturated carbocycles. The van der Waals surface area contributed by atoms with Crippen LogP contribution in [0, 0.1) is 0 Å². The van der Waals surface area contributed by atoms with E-state index in [1.165, 1.54) is 0 Å². The maximum Gasteiger partial charge on any atom is 0.277 e. The zero-order chi connectivity index (χ0) is 13.3. The van der Waals surface area contributed by atoms with Crippen LogP contribution in [-0.2, 0) is 16.8 Å². The molecule has 2 aromatic heterocycles.